The number of nitrogens with one attached hydrogen (secondary N) is 1. The van der Waals surface area contributed by atoms with E-state index in [0.717, 1.165) is 10.9 Å². The Morgan fingerprint density at radius 1 is 1.30 bits per heavy atom. The molecule has 7 heteroatoms. The molecule has 0 atom stereocenters. The Balaban J connectivity index is 1.80. The monoisotopic (exact) mass is 312 g/mol. The standard InChI is InChI=1S/C13H16N2O3S2/c14-20(17,18)7-1-2-13(16)15-9-10-3-4-12-11(8-10)5-6-19-12/h3-6,8H,1-2,7,9H2,(H,15,16)(H2,14,17,18). The Bertz CT molecular complexity index is 707. The molecule has 5 nitrogen and oxygen atoms in total. The van der Waals surface area contributed by atoms with E-state index in [1.807, 2.05) is 29.6 Å². The lowest BCUT2D eigenvalue weighted by molar-refractivity contribution is -0.121. The van der Waals surface area contributed by atoms with Crippen LogP contribution in [0.5, 0.6) is 0 Å². The third kappa shape index (κ3) is 4.59. The van der Waals surface area contributed by atoms with Gasteiger partial charge in [0.15, 0.2) is 0 Å². The van der Waals surface area contributed by atoms with Gasteiger partial charge in [0.05, 0.1) is 5.75 Å². The minimum atomic E-state index is -3.48. The molecule has 1 heterocycles. The summed E-state index contributed by atoms with van der Waals surface area (Å²) in [4.78, 5) is 11.6. The number of fused-ring (bicyclic) bond motifs is 1. The van der Waals surface area contributed by atoms with E-state index in [2.05, 4.69) is 5.32 Å². The SMILES string of the molecule is NS(=O)(=O)CCCC(=O)NCc1ccc2sccc2c1. The van der Waals surface area contributed by atoms with E-state index in [-0.39, 0.29) is 24.5 Å². The summed E-state index contributed by atoms with van der Waals surface area (Å²) in [7, 11) is -3.48. The molecule has 1 aromatic heterocycles. The van der Waals surface area contributed by atoms with Gasteiger partial charge in [0.2, 0.25) is 15.9 Å². The van der Waals surface area contributed by atoms with Gasteiger partial charge in [0, 0.05) is 17.7 Å². The molecule has 0 spiro atoms. The van der Waals surface area contributed by atoms with Gasteiger partial charge in [-0.15, -0.1) is 11.3 Å². The first kappa shape index (κ1) is 15.0. The summed E-state index contributed by atoms with van der Waals surface area (Å²) in [5.41, 5.74) is 1.02. The van der Waals surface area contributed by atoms with Crippen molar-refractivity contribution in [3.05, 3.63) is 35.2 Å². The molecule has 2 rings (SSSR count). The molecule has 0 unspecified atom stereocenters. The van der Waals surface area contributed by atoms with Crippen LogP contribution in [-0.4, -0.2) is 20.1 Å². The van der Waals surface area contributed by atoms with Crippen LogP contribution in [0.1, 0.15) is 18.4 Å². The predicted molar refractivity (Wildman–Crippen MR) is 80.9 cm³/mol. The fourth-order valence-electron chi connectivity index (χ4n) is 1.85. The largest absolute Gasteiger partial charge is 0.352 e. The molecule has 3 N–H and O–H groups in total. The Morgan fingerprint density at radius 3 is 2.85 bits per heavy atom. The molecule has 2 aromatic rings. The number of rotatable bonds is 6. The Hall–Kier alpha value is -1.44. The molecular weight excluding hydrogens is 296 g/mol. The average Bonchev–Trinajstić information content (AvgIpc) is 2.82. The van der Waals surface area contributed by atoms with Gasteiger partial charge >= 0.3 is 0 Å². The number of amides is 1. The number of carbonyl (C=O) groups is 1. The summed E-state index contributed by atoms with van der Waals surface area (Å²) >= 11 is 1.68. The van der Waals surface area contributed by atoms with Crippen molar-refractivity contribution in [1.29, 1.82) is 0 Å². The summed E-state index contributed by atoms with van der Waals surface area (Å²) < 4.78 is 22.7. The van der Waals surface area contributed by atoms with E-state index in [1.165, 1.54) is 4.70 Å². The van der Waals surface area contributed by atoms with Gasteiger partial charge in [-0.1, -0.05) is 6.07 Å². The molecule has 1 aromatic carbocycles. The third-order valence-electron chi connectivity index (χ3n) is 2.84. The zero-order valence-electron chi connectivity index (χ0n) is 10.8. The highest BCUT2D eigenvalue weighted by molar-refractivity contribution is 7.89. The van der Waals surface area contributed by atoms with Crippen molar-refractivity contribution in [1.82, 2.24) is 5.32 Å². The van der Waals surface area contributed by atoms with E-state index in [1.54, 1.807) is 11.3 Å². The molecule has 0 saturated heterocycles. The van der Waals surface area contributed by atoms with Crippen LogP contribution in [-0.2, 0) is 21.4 Å². The molecule has 0 radical (unpaired) electrons. The van der Waals surface area contributed by atoms with Crippen molar-refractivity contribution in [2.24, 2.45) is 5.14 Å². The highest BCUT2D eigenvalue weighted by Crippen LogP contribution is 2.21. The van der Waals surface area contributed by atoms with E-state index < -0.39 is 10.0 Å². The van der Waals surface area contributed by atoms with Crippen molar-refractivity contribution in [2.75, 3.05) is 5.75 Å². The molecule has 108 valence electrons. The van der Waals surface area contributed by atoms with Crippen LogP contribution in [0.25, 0.3) is 10.1 Å². The second-order valence-corrected chi connectivity index (χ2v) is 7.22. The van der Waals surface area contributed by atoms with Crippen LogP contribution in [0.15, 0.2) is 29.6 Å². The molecule has 0 aliphatic rings. The zero-order valence-corrected chi connectivity index (χ0v) is 12.5. The topological polar surface area (TPSA) is 89.3 Å². The number of hydrogen-bond acceptors (Lipinski definition) is 4. The number of carbonyl (C=O) groups excluding carboxylic acids is 1. The molecule has 0 aliphatic heterocycles. The maximum atomic E-state index is 11.6. The van der Waals surface area contributed by atoms with Crippen LogP contribution in [0.2, 0.25) is 0 Å². The summed E-state index contributed by atoms with van der Waals surface area (Å²) in [6.07, 6.45) is 0.408. The fraction of sp³-hybridized carbons (Fsp3) is 0.308. The normalized spacial score (nSPS) is 11.7. The van der Waals surface area contributed by atoms with E-state index in [9.17, 15) is 13.2 Å². The second-order valence-electron chi connectivity index (χ2n) is 4.54. The number of benzene rings is 1. The second kappa shape index (κ2) is 6.34. The molecular formula is C13H16N2O3S2. The number of primary sulfonamides is 1. The van der Waals surface area contributed by atoms with Gasteiger partial charge < -0.3 is 5.32 Å². The van der Waals surface area contributed by atoms with E-state index in [4.69, 9.17) is 5.14 Å². The third-order valence-corrected chi connectivity index (χ3v) is 4.59. The first-order valence-corrected chi connectivity index (χ1v) is 8.77. The number of sulfonamides is 1. The van der Waals surface area contributed by atoms with Gasteiger partial charge in [0.1, 0.15) is 0 Å². The van der Waals surface area contributed by atoms with Crippen molar-refractivity contribution in [3.63, 3.8) is 0 Å². The summed E-state index contributed by atoms with van der Waals surface area (Å²) in [5.74, 6) is -0.333. The zero-order chi connectivity index (χ0) is 14.6. The smallest absolute Gasteiger partial charge is 0.220 e. The lowest BCUT2D eigenvalue weighted by Gasteiger charge is -2.05. The highest BCUT2D eigenvalue weighted by atomic mass is 32.2. The summed E-state index contributed by atoms with van der Waals surface area (Å²) in [6, 6.07) is 8.08. The van der Waals surface area contributed by atoms with E-state index in [0.29, 0.717) is 6.54 Å². The van der Waals surface area contributed by atoms with Gasteiger partial charge in [-0.3, -0.25) is 4.79 Å². The minimum Gasteiger partial charge on any atom is -0.352 e. The quantitative estimate of drug-likeness (QED) is 0.848. The molecule has 0 bridgehead atoms. The van der Waals surface area contributed by atoms with Crippen LogP contribution in [0, 0.1) is 0 Å². The number of hydrogen-bond donors (Lipinski definition) is 2. The van der Waals surface area contributed by atoms with Crippen LogP contribution < -0.4 is 10.5 Å². The number of nitrogens with two attached hydrogens (primary N) is 1. The lowest BCUT2D eigenvalue weighted by Crippen LogP contribution is -2.24. The molecule has 20 heavy (non-hydrogen) atoms. The molecule has 0 aliphatic carbocycles. The Morgan fingerprint density at radius 2 is 2.10 bits per heavy atom. The first-order valence-electron chi connectivity index (χ1n) is 6.17. The van der Waals surface area contributed by atoms with Gasteiger partial charge in [0.25, 0.3) is 0 Å². The first-order chi connectivity index (χ1) is 9.44. The number of thiophene rings is 1. The maximum Gasteiger partial charge on any atom is 0.220 e. The highest BCUT2D eigenvalue weighted by Gasteiger charge is 2.06. The Labute approximate surface area is 121 Å². The predicted octanol–water partition coefficient (Wildman–Crippen LogP) is 1.59. The molecule has 1 amide bonds. The van der Waals surface area contributed by atoms with Crippen LogP contribution >= 0.6 is 11.3 Å². The van der Waals surface area contributed by atoms with Crippen LogP contribution in [0.3, 0.4) is 0 Å². The lowest BCUT2D eigenvalue weighted by atomic mass is 10.1. The fourth-order valence-corrected chi connectivity index (χ4v) is 3.17. The minimum absolute atomic E-state index is 0.164. The summed E-state index contributed by atoms with van der Waals surface area (Å²) in [6.45, 7) is 0.444. The van der Waals surface area contributed by atoms with Crippen molar-refractivity contribution in [2.45, 2.75) is 19.4 Å². The van der Waals surface area contributed by atoms with Crippen molar-refractivity contribution < 1.29 is 13.2 Å². The van der Waals surface area contributed by atoms with Crippen molar-refractivity contribution >= 4 is 37.4 Å². The molecule has 0 saturated carbocycles. The average molecular weight is 312 g/mol. The van der Waals surface area contributed by atoms with Gasteiger partial charge in [-0.25, -0.2) is 13.6 Å². The van der Waals surface area contributed by atoms with Gasteiger partial charge in [-0.2, -0.15) is 0 Å². The maximum absolute atomic E-state index is 11.6. The Kier molecular flexibility index (Phi) is 4.74. The molecule has 0 fully saturated rings. The van der Waals surface area contributed by atoms with Gasteiger partial charge in [-0.05, 0) is 40.9 Å². The van der Waals surface area contributed by atoms with Crippen LogP contribution in [0.4, 0.5) is 0 Å². The van der Waals surface area contributed by atoms with E-state index >= 15 is 0 Å². The summed E-state index contributed by atoms with van der Waals surface area (Å²) in [5, 5.41) is 10.8. The van der Waals surface area contributed by atoms with Crippen molar-refractivity contribution in [3.8, 4) is 0 Å².